The van der Waals surface area contributed by atoms with E-state index in [1.807, 2.05) is 0 Å². The van der Waals surface area contributed by atoms with E-state index in [0.717, 1.165) is 30.5 Å². The van der Waals surface area contributed by atoms with Gasteiger partial charge in [-0.3, -0.25) is 9.89 Å². The number of rotatable bonds is 5. The number of carbonyl (C=O) groups is 1. The van der Waals surface area contributed by atoms with Gasteiger partial charge in [-0.1, -0.05) is 39.0 Å². The van der Waals surface area contributed by atoms with Crippen LogP contribution in [0.4, 0.5) is 10.1 Å². The third-order valence-corrected chi connectivity index (χ3v) is 6.05. The number of nitrogens with one attached hydrogen (secondary N) is 2. The van der Waals surface area contributed by atoms with E-state index < -0.39 is 0 Å². The molecule has 1 amide bonds. The number of hydrogen-bond donors (Lipinski definition) is 2. The molecule has 0 radical (unpaired) electrons. The molecule has 2 N–H and O–H groups in total. The molecule has 162 valence electrons. The quantitative estimate of drug-likeness (QED) is 0.569. The van der Waals surface area contributed by atoms with Gasteiger partial charge < -0.3 is 10.1 Å². The maximum Gasteiger partial charge on any atom is 0.276 e. The molecular formula is C25H28FN3O2. The van der Waals surface area contributed by atoms with E-state index in [1.54, 1.807) is 42.5 Å². The molecule has 5 nitrogen and oxygen atoms in total. The second-order valence-electron chi connectivity index (χ2n) is 9.19. The third-order valence-electron chi connectivity index (χ3n) is 6.05. The van der Waals surface area contributed by atoms with E-state index in [4.69, 9.17) is 4.74 Å². The average Bonchev–Trinajstić information content (AvgIpc) is 3.17. The van der Waals surface area contributed by atoms with Crippen molar-refractivity contribution in [1.29, 1.82) is 0 Å². The Balaban J connectivity index is 1.40. The molecule has 1 aliphatic carbocycles. The van der Waals surface area contributed by atoms with Crippen molar-refractivity contribution in [2.45, 2.75) is 46.6 Å². The minimum absolute atomic E-state index is 0.146. The Kier molecular flexibility index (Phi) is 5.81. The molecule has 1 aliphatic rings. The lowest BCUT2D eigenvalue weighted by molar-refractivity contribution is 0.102. The van der Waals surface area contributed by atoms with Gasteiger partial charge in [0, 0.05) is 22.5 Å². The van der Waals surface area contributed by atoms with Gasteiger partial charge in [0.15, 0.2) is 5.69 Å². The predicted molar refractivity (Wildman–Crippen MR) is 119 cm³/mol. The van der Waals surface area contributed by atoms with Gasteiger partial charge in [0.05, 0.1) is 0 Å². The number of fused-ring (bicyclic) bond motifs is 1. The first kappa shape index (κ1) is 21.1. The van der Waals surface area contributed by atoms with Crippen LogP contribution in [0.25, 0.3) is 0 Å². The number of aromatic amines is 1. The number of aryl methyl sites for hydroxylation is 1. The molecule has 1 heterocycles. The van der Waals surface area contributed by atoms with E-state index in [2.05, 4.69) is 36.3 Å². The lowest BCUT2D eigenvalue weighted by atomic mass is 9.71. The molecule has 31 heavy (non-hydrogen) atoms. The molecule has 4 rings (SSSR count). The summed E-state index contributed by atoms with van der Waals surface area (Å²) < 4.78 is 19.4. The van der Waals surface area contributed by atoms with Crippen molar-refractivity contribution in [2.24, 2.45) is 11.3 Å². The monoisotopic (exact) mass is 421 g/mol. The highest BCUT2D eigenvalue weighted by molar-refractivity contribution is 6.04. The summed E-state index contributed by atoms with van der Waals surface area (Å²) in [5.41, 5.74) is 3.93. The molecule has 0 aliphatic heterocycles. The topological polar surface area (TPSA) is 67.0 Å². The predicted octanol–water partition coefficient (Wildman–Crippen LogP) is 5.53. The van der Waals surface area contributed by atoms with Gasteiger partial charge >= 0.3 is 0 Å². The van der Waals surface area contributed by atoms with Gasteiger partial charge in [-0.05, 0) is 60.9 Å². The summed E-state index contributed by atoms with van der Waals surface area (Å²) in [6.07, 6.45) is 2.89. The first-order valence-electron chi connectivity index (χ1n) is 10.6. The Morgan fingerprint density at radius 1 is 1.19 bits per heavy atom. The van der Waals surface area contributed by atoms with E-state index in [1.165, 1.54) is 6.07 Å². The standard InChI is InChI=1S/C25H28FN3O2/c1-25(2,3)17-8-13-22-20(14-17)23(29-28-22)24(30)27-18-9-11-19(12-10-18)31-15-16-6-4-5-7-21(16)26/h4-7,9-12,17H,8,13-15H2,1-3H3,(H,27,30)(H,28,29)/t17-/m1/s1. The largest absolute Gasteiger partial charge is 0.489 e. The van der Waals surface area contributed by atoms with Crippen LogP contribution < -0.4 is 10.1 Å². The smallest absolute Gasteiger partial charge is 0.276 e. The molecular weight excluding hydrogens is 393 g/mol. The minimum Gasteiger partial charge on any atom is -0.489 e. The summed E-state index contributed by atoms with van der Waals surface area (Å²) in [5.74, 6) is 0.621. The Hall–Kier alpha value is -3.15. The van der Waals surface area contributed by atoms with Crippen molar-refractivity contribution < 1.29 is 13.9 Å². The number of hydrogen-bond acceptors (Lipinski definition) is 3. The first-order valence-corrected chi connectivity index (χ1v) is 10.6. The zero-order chi connectivity index (χ0) is 22.0. The van der Waals surface area contributed by atoms with Crippen LogP contribution in [0.2, 0.25) is 0 Å². The van der Waals surface area contributed by atoms with E-state index in [0.29, 0.717) is 28.6 Å². The van der Waals surface area contributed by atoms with Gasteiger partial charge in [-0.25, -0.2) is 4.39 Å². The van der Waals surface area contributed by atoms with Crippen molar-refractivity contribution in [3.63, 3.8) is 0 Å². The number of H-pyrrole nitrogens is 1. The SMILES string of the molecule is CC(C)(C)[C@@H]1CCc2[nH]nc(C(=O)Nc3ccc(OCc4ccccc4F)cc3)c2C1. The van der Waals surface area contributed by atoms with Crippen molar-refractivity contribution in [1.82, 2.24) is 10.2 Å². The van der Waals surface area contributed by atoms with Crippen molar-refractivity contribution in [3.05, 3.63) is 76.9 Å². The molecule has 1 aromatic heterocycles. The molecule has 0 unspecified atom stereocenters. The van der Waals surface area contributed by atoms with Gasteiger partial charge in [0.2, 0.25) is 0 Å². The van der Waals surface area contributed by atoms with E-state index >= 15 is 0 Å². The Bertz CT molecular complexity index is 1070. The van der Waals surface area contributed by atoms with Crippen LogP contribution in [0.15, 0.2) is 48.5 Å². The maximum atomic E-state index is 13.7. The highest BCUT2D eigenvalue weighted by Crippen LogP contribution is 2.37. The van der Waals surface area contributed by atoms with Crippen LogP contribution >= 0.6 is 0 Å². The number of benzene rings is 2. The number of nitrogens with zero attached hydrogens (tertiary/aromatic N) is 1. The molecule has 0 saturated carbocycles. The van der Waals surface area contributed by atoms with Gasteiger partial charge in [-0.2, -0.15) is 5.10 Å². The summed E-state index contributed by atoms with van der Waals surface area (Å²) in [7, 11) is 0. The number of carbonyl (C=O) groups excluding carboxylic acids is 1. The van der Waals surface area contributed by atoms with Crippen LogP contribution in [-0.4, -0.2) is 16.1 Å². The highest BCUT2D eigenvalue weighted by atomic mass is 19.1. The lowest BCUT2D eigenvalue weighted by Gasteiger charge is -2.33. The number of amides is 1. The lowest BCUT2D eigenvalue weighted by Crippen LogP contribution is -2.28. The number of anilines is 1. The number of ether oxygens (including phenoxy) is 1. The van der Waals surface area contributed by atoms with Crippen LogP contribution in [0.3, 0.4) is 0 Å². The second-order valence-corrected chi connectivity index (χ2v) is 9.19. The molecule has 3 aromatic rings. The van der Waals surface area contributed by atoms with Crippen molar-refractivity contribution >= 4 is 11.6 Å². The fourth-order valence-electron chi connectivity index (χ4n) is 4.02. The molecule has 1 atom stereocenters. The molecule has 0 bridgehead atoms. The van der Waals surface area contributed by atoms with E-state index in [9.17, 15) is 9.18 Å². The Morgan fingerprint density at radius 2 is 1.94 bits per heavy atom. The summed E-state index contributed by atoms with van der Waals surface area (Å²) in [4.78, 5) is 12.9. The Labute approximate surface area is 182 Å². The molecule has 2 aromatic carbocycles. The third kappa shape index (κ3) is 4.79. The summed E-state index contributed by atoms with van der Waals surface area (Å²) in [6, 6.07) is 13.6. The zero-order valence-electron chi connectivity index (χ0n) is 18.2. The average molecular weight is 422 g/mol. The molecule has 0 spiro atoms. The van der Waals surface area contributed by atoms with Crippen LogP contribution in [0.1, 0.15) is 54.5 Å². The summed E-state index contributed by atoms with van der Waals surface area (Å²) >= 11 is 0. The van der Waals surface area contributed by atoms with Gasteiger partial charge in [-0.15, -0.1) is 0 Å². The molecule has 0 fully saturated rings. The fraction of sp³-hybridized carbons (Fsp3) is 0.360. The van der Waals surface area contributed by atoms with Crippen molar-refractivity contribution in [3.8, 4) is 5.75 Å². The first-order chi connectivity index (χ1) is 14.8. The molecule has 6 heteroatoms. The minimum atomic E-state index is -0.289. The molecule has 0 saturated heterocycles. The summed E-state index contributed by atoms with van der Waals surface area (Å²) in [5, 5.41) is 10.3. The number of aromatic nitrogens is 2. The van der Waals surface area contributed by atoms with Crippen LogP contribution in [-0.2, 0) is 19.4 Å². The summed E-state index contributed by atoms with van der Waals surface area (Å²) in [6.45, 7) is 6.89. The Morgan fingerprint density at radius 3 is 2.65 bits per heavy atom. The normalized spacial score (nSPS) is 15.9. The zero-order valence-corrected chi connectivity index (χ0v) is 18.2. The van der Waals surface area contributed by atoms with Crippen molar-refractivity contribution in [2.75, 3.05) is 5.32 Å². The van der Waals surface area contributed by atoms with E-state index in [-0.39, 0.29) is 23.7 Å². The highest BCUT2D eigenvalue weighted by Gasteiger charge is 2.32. The fourth-order valence-corrected chi connectivity index (χ4v) is 4.02. The number of halogens is 1. The second kappa shape index (κ2) is 8.53. The van der Waals surface area contributed by atoms with Gasteiger partial charge in [0.25, 0.3) is 5.91 Å². The van der Waals surface area contributed by atoms with Crippen LogP contribution in [0, 0.1) is 17.2 Å². The van der Waals surface area contributed by atoms with Crippen LogP contribution in [0.5, 0.6) is 5.75 Å². The van der Waals surface area contributed by atoms with Gasteiger partial charge in [0.1, 0.15) is 18.2 Å². The maximum absolute atomic E-state index is 13.7.